The molecule has 0 aliphatic rings. The van der Waals surface area contributed by atoms with Gasteiger partial charge < -0.3 is 15.5 Å². The number of hydrogen-bond donors (Lipinski definition) is 4. The first-order valence-electron chi connectivity index (χ1n) is 6.12. The summed E-state index contributed by atoms with van der Waals surface area (Å²) in [5.41, 5.74) is 2.29. The number of hydrogen-bond acceptors (Lipinski definition) is 7. The molecule has 0 bridgehead atoms. The van der Waals surface area contributed by atoms with Crippen LogP contribution >= 0.6 is 0 Å². The highest BCUT2D eigenvalue weighted by atomic mass is 32.2. The quantitative estimate of drug-likeness (QED) is 0.268. The smallest absolute Gasteiger partial charge is 0.242 e. The number of pyridine rings is 1. The van der Waals surface area contributed by atoms with Gasteiger partial charge in [-0.2, -0.15) is 4.72 Å². The molecular weight excluding hydrogens is 298 g/mol. The second-order valence-electron chi connectivity index (χ2n) is 4.15. The number of hydrazine groups is 1. The number of sulfonamides is 1. The van der Waals surface area contributed by atoms with E-state index in [0.717, 1.165) is 6.20 Å². The van der Waals surface area contributed by atoms with Crippen LogP contribution in [-0.4, -0.2) is 45.6 Å². The summed E-state index contributed by atoms with van der Waals surface area (Å²) in [6.07, 6.45) is 1.15. The summed E-state index contributed by atoms with van der Waals surface area (Å²) in [5, 5.41) is 2.54. The molecule has 1 rings (SSSR count). The van der Waals surface area contributed by atoms with Gasteiger partial charge in [-0.25, -0.2) is 19.2 Å². The van der Waals surface area contributed by atoms with Crippen LogP contribution in [0.1, 0.15) is 6.92 Å². The zero-order valence-electron chi connectivity index (χ0n) is 11.8. The third kappa shape index (κ3) is 5.27. The lowest BCUT2D eigenvalue weighted by Crippen LogP contribution is -2.45. The highest BCUT2D eigenvalue weighted by molar-refractivity contribution is 7.89. The minimum absolute atomic E-state index is 0.0574. The fraction of sp³-hybridized carbons (Fsp3) is 0.455. The van der Waals surface area contributed by atoms with Crippen LogP contribution in [0.25, 0.3) is 0 Å². The summed E-state index contributed by atoms with van der Waals surface area (Å²) in [6.45, 7) is 2.10. The average Bonchev–Trinajstić information content (AvgIpc) is 2.47. The predicted molar refractivity (Wildman–Crippen MR) is 76.7 cm³/mol. The highest BCUT2D eigenvalue weighted by Gasteiger charge is 2.22. The molecule has 1 aromatic rings. The monoisotopic (exact) mass is 317 g/mol. The molecule has 0 radical (unpaired) electrons. The van der Waals surface area contributed by atoms with Crippen LogP contribution < -0.4 is 21.3 Å². The molecule has 0 spiro atoms. The van der Waals surface area contributed by atoms with Crippen molar-refractivity contribution in [1.82, 2.24) is 15.0 Å². The lowest BCUT2D eigenvalue weighted by atomic mass is 10.3. The minimum Gasteiger partial charge on any atom is -0.383 e. The molecule has 0 aliphatic heterocycles. The number of ether oxygens (including phenoxy) is 1. The molecule has 21 heavy (non-hydrogen) atoms. The summed E-state index contributed by atoms with van der Waals surface area (Å²) in [7, 11) is -2.33. The molecule has 1 unspecified atom stereocenters. The maximum atomic E-state index is 12.1. The Morgan fingerprint density at radius 2 is 2.19 bits per heavy atom. The third-order valence-corrected chi connectivity index (χ3v) is 4.05. The van der Waals surface area contributed by atoms with Gasteiger partial charge in [-0.15, -0.1) is 0 Å². The molecule has 5 N–H and O–H groups in total. The van der Waals surface area contributed by atoms with Crippen LogP contribution in [0, 0.1) is 0 Å². The van der Waals surface area contributed by atoms with Crippen molar-refractivity contribution < 1.29 is 17.9 Å². The molecule has 1 aromatic heterocycles. The van der Waals surface area contributed by atoms with E-state index in [9.17, 15) is 13.2 Å². The van der Waals surface area contributed by atoms with E-state index < -0.39 is 22.0 Å². The Kier molecular flexibility index (Phi) is 6.49. The lowest BCUT2D eigenvalue weighted by molar-refractivity contribution is -0.122. The van der Waals surface area contributed by atoms with E-state index >= 15 is 0 Å². The standard InChI is InChI=1S/C11H19N5O4S/c1-8(11(17)13-5-6-20-2)16-21(18,19)9-3-4-10(15-12)14-7-9/h3-4,7-8,16H,5-6,12H2,1-2H3,(H,13,17)(H,14,15). The van der Waals surface area contributed by atoms with Crippen LogP contribution in [0.3, 0.4) is 0 Å². The molecule has 0 saturated carbocycles. The van der Waals surface area contributed by atoms with Crippen LogP contribution in [-0.2, 0) is 19.6 Å². The van der Waals surface area contributed by atoms with Gasteiger partial charge in [0.25, 0.3) is 0 Å². The highest BCUT2D eigenvalue weighted by Crippen LogP contribution is 2.10. The van der Waals surface area contributed by atoms with Crippen molar-refractivity contribution in [2.75, 3.05) is 25.7 Å². The van der Waals surface area contributed by atoms with E-state index in [0.29, 0.717) is 19.0 Å². The first-order valence-corrected chi connectivity index (χ1v) is 7.60. The van der Waals surface area contributed by atoms with Gasteiger partial charge in [0.05, 0.1) is 12.6 Å². The van der Waals surface area contributed by atoms with Crippen molar-refractivity contribution in [3.8, 4) is 0 Å². The van der Waals surface area contributed by atoms with Crippen molar-refractivity contribution in [1.29, 1.82) is 0 Å². The Morgan fingerprint density at radius 1 is 1.48 bits per heavy atom. The van der Waals surface area contributed by atoms with Crippen molar-refractivity contribution in [2.24, 2.45) is 5.84 Å². The normalized spacial score (nSPS) is 12.7. The Labute approximate surface area is 123 Å². The van der Waals surface area contributed by atoms with E-state index in [1.807, 2.05) is 0 Å². The summed E-state index contributed by atoms with van der Waals surface area (Å²) in [4.78, 5) is 15.4. The number of nitrogens with zero attached hydrogens (tertiary/aromatic N) is 1. The van der Waals surface area contributed by atoms with Crippen molar-refractivity contribution in [2.45, 2.75) is 17.9 Å². The first kappa shape index (κ1) is 17.3. The van der Waals surface area contributed by atoms with E-state index in [4.69, 9.17) is 10.6 Å². The fourth-order valence-corrected chi connectivity index (χ4v) is 2.56. The number of carbonyl (C=O) groups excluding carboxylic acids is 1. The number of amides is 1. The third-order valence-electron chi connectivity index (χ3n) is 2.53. The molecule has 1 amide bonds. The number of anilines is 1. The lowest BCUT2D eigenvalue weighted by Gasteiger charge is -2.14. The number of carbonyl (C=O) groups is 1. The molecule has 118 valence electrons. The second-order valence-corrected chi connectivity index (χ2v) is 5.86. The Bertz CT molecular complexity index is 560. The second kappa shape index (κ2) is 7.88. The summed E-state index contributed by atoms with van der Waals surface area (Å²) in [5.74, 6) is 5.04. The van der Waals surface area contributed by atoms with Gasteiger partial charge in [0.2, 0.25) is 15.9 Å². The SMILES string of the molecule is COCCNC(=O)C(C)NS(=O)(=O)c1ccc(NN)nc1. The predicted octanol–water partition coefficient (Wildman–Crippen LogP) is -1.20. The summed E-state index contributed by atoms with van der Waals surface area (Å²) >= 11 is 0. The van der Waals surface area contributed by atoms with Gasteiger partial charge in [0, 0.05) is 19.9 Å². The molecule has 1 heterocycles. The molecular formula is C11H19N5O4S. The zero-order valence-corrected chi connectivity index (χ0v) is 12.6. The molecule has 0 aromatic carbocycles. The Hall–Kier alpha value is -1.75. The Morgan fingerprint density at radius 3 is 2.71 bits per heavy atom. The van der Waals surface area contributed by atoms with Crippen LogP contribution in [0.15, 0.2) is 23.2 Å². The average molecular weight is 317 g/mol. The summed E-state index contributed by atoms with van der Waals surface area (Å²) < 4.78 is 31.2. The van der Waals surface area contributed by atoms with Gasteiger partial charge in [0.1, 0.15) is 10.7 Å². The zero-order chi connectivity index (χ0) is 15.9. The number of methoxy groups -OCH3 is 1. The minimum atomic E-state index is -3.83. The topological polar surface area (TPSA) is 135 Å². The van der Waals surface area contributed by atoms with Crippen LogP contribution in [0.2, 0.25) is 0 Å². The van der Waals surface area contributed by atoms with Gasteiger partial charge >= 0.3 is 0 Å². The summed E-state index contributed by atoms with van der Waals surface area (Å²) in [6, 6.07) is 1.83. The van der Waals surface area contributed by atoms with Crippen LogP contribution in [0.5, 0.6) is 0 Å². The van der Waals surface area contributed by atoms with E-state index in [1.165, 1.54) is 26.2 Å². The first-order chi connectivity index (χ1) is 9.90. The van der Waals surface area contributed by atoms with Crippen molar-refractivity contribution >= 4 is 21.7 Å². The van der Waals surface area contributed by atoms with Gasteiger partial charge in [-0.1, -0.05) is 0 Å². The molecule has 9 nitrogen and oxygen atoms in total. The number of nitrogens with one attached hydrogen (secondary N) is 3. The molecule has 0 saturated heterocycles. The molecule has 0 fully saturated rings. The van der Waals surface area contributed by atoms with E-state index in [1.54, 1.807) is 0 Å². The number of nitrogens with two attached hydrogens (primary N) is 1. The number of aromatic nitrogens is 1. The van der Waals surface area contributed by atoms with E-state index in [2.05, 4.69) is 20.4 Å². The van der Waals surface area contributed by atoms with Crippen molar-refractivity contribution in [3.63, 3.8) is 0 Å². The Balaban J connectivity index is 2.68. The maximum absolute atomic E-state index is 12.1. The largest absolute Gasteiger partial charge is 0.383 e. The van der Waals surface area contributed by atoms with Crippen molar-refractivity contribution in [3.05, 3.63) is 18.3 Å². The van der Waals surface area contributed by atoms with Gasteiger partial charge in [-0.05, 0) is 19.1 Å². The maximum Gasteiger partial charge on any atom is 0.242 e. The van der Waals surface area contributed by atoms with Gasteiger partial charge in [-0.3, -0.25) is 4.79 Å². The molecule has 10 heteroatoms. The van der Waals surface area contributed by atoms with Crippen LogP contribution in [0.4, 0.5) is 5.82 Å². The fourth-order valence-electron chi connectivity index (χ4n) is 1.41. The van der Waals surface area contributed by atoms with E-state index in [-0.39, 0.29) is 4.90 Å². The van der Waals surface area contributed by atoms with Gasteiger partial charge in [0.15, 0.2) is 0 Å². The molecule has 0 aliphatic carbocycles. The molecule has 1 atom stereocenters. The number of rotatable bonds is 8. The number of nitrogen functional groups attached to an aromatic ring is 1.